The first kappa shape index (κ1) is 40.0. The second-order valence-electron chi connectivity index (χ2n) is 11.0. The molecule has 50 heavy (non-hydrogen) atoms. The number of hydrogen-bond donors (Lipinski definition) is 2. The quantitative estimate of drug-likeness (QED) is 0.100. The van der Waals surface area contributed by atoms with Crippen molar-refractivity contribution in [3.63, 3.8) is 0 Å². The van der Waals surface area contributed by atoms with Crippen molar-refractivity contribution in [1.82, 2.24) is 0 Å². The van der Waals surface area contributed by atoms with Crippen LogP contribution < -0.4 is 63.6 Å². The number of phosphoric acid groups is 1. The molecule has 2 amide bonds. The van der Waals surface area contributed by atoms with Crippen molar-refractivity contribution in [2.45, 2.75) is 39.5 Å². The number of Topliss-reactive ketones (excluding diaryl/α,β-unsaturated/α-hetero) is 2. The van der Waals surface area contributed by atoms with E-state index in [2.05, 4.69) is 10.6 Å². The number of methoxy groups -OCH3 is 2. The first-order chi connectivity index (χ1) is 23.3. The number of ether oxygens (including phenoxy) is 2. The molecule has 14 heteroatoms. The summed E-state index contributed by atoms with van der Waals surface area (Å²) in [6.07, 6.45) is 1.08. The van der Waals surface area contributed by atoms with E-state index in [1.54, 1.807) is 72.8 Å². The number of anilines is 2. The smallest absolute Gasteiger partial charge is 0.736 e. The first-order valence-electron chi connectivity index (χ1n) is 15.2. The Morgan fingerprint density at radius 3 is 1.28 bits per heavy atom. The second-order valence-corrected chi connectivity index (χ2v) is 12.2. The largest absolute Gasteiger partial charge is 1.00 e. The van der Waals surface area contributed by atoms with E-state index in [1.165, 1.54) is 40.2 Å². The van der Waals surface area contributed by atoms with Crippen molar-refractivity contribution in [3.8, 4) is 23.0 Å². The fourth-order valence-electron chi connectivity index (χ4n) is 4.84. The number of nitrogens with one attached hydrogen (secondary N) is 2. The van der Waals surface area contributed by atoms with E-state index < -0.39 is 7.82 Å². The topological polar surface area (TPSA) is 169 Å². The van der Waals surface area contributed by atoms with Gasteiger partial charge in [-0.05, 0) is 96.8 Å². The fraction of sp³-hybridized carbons (Fsp3) is 0.222. The minimum Gasteiger partial charge on any atom is -0.736 e. The van der Waals surface area contributed by atoms with Gasteiger partial charge in [0.15, 0.2) is 34.6 Å². The van der Waals surface area contributed by atoms with Crippen LogP contribution in [0.1, 0.15) is 58.5 Å². The SMILES string of the molecule is COc1cc(CCC(=O)c2ccc(NC(C)=O)cc2)ccc1OP(=O)([O-])Oc1ccc(CCC(=O)c2ccc(NC(C)=O)cc2)cc1OC.[Na+]. The molecule has 0 aliphatic carbocycles. The van der Waals surface area contributed by atoms with E-state index in [0.717, 1.165) is 0 Å². The summed E-state index contributed by atoms with van der Waals surface area (Å²) in [6, 6.07) is 22.4. The van der Waals surface area contributed by atoms with E-state index in [1.807, 2.05) is 0 Å². The third-order valence-corrected chi connectivity index (χ3v) is 8.05. The Morgan fingerprint density at radius 2 is 0.960 bits per heavy atom. The van der Waals surface area contributed by atoms with Crippen molar-refractivity contribution in [2.24, 2.45) is 0 Å². The number of amides is 2. The van der Waals surface area contributed by atoms with Gasteiger partial charge >= 0.3 is 37.4 Å². The average molecular weight is 711 g/mol. The number of hydrogen-bond acceptors (Lipinski definition) is 10. The molecule has 2 N–H and O–H groups in total. The van der Waals surface area contributed by atoms with Gasteiger partial charge < -0.3 is 34.0 Å². The van der Waals surface area contributed by atoms with Gasteiger partial charge in [-0.2, -0.15) is 0 Å². The molecule has 12 nitrogen and oxygen atoms in total. The van der Waals surface area contributed by atoms with Crippen molar-refractivity contribution < 1.29 is 76.7 Å². The van der Waals surface area contributed by atoms with Crippen LogP contribution in [0, 0.1) is 0 Å². The van der Waals surface area contributed by atoms with E-state index in [4.69, 9.17) is 18.5 Å². The molecule has 0 atom stereocenters. The maximum atomic E-state index is 12.9. The minimum atomic E-state index is -4.99. The molecule has 0 aliphatic heterocycles. The summed E-state index contributed by atoms with van der Waals surface area (Å²) in [5.74, 6) is -0.586. The molecule has 0 unspecified atom stereocenters. The zero-order valence-corrected chi connectivity index (χ0v) is 31.3. The Kier molecular flexibility index (Phi) is 14.8. The van der Waals surface area contributed by atoms with E-state index in [9.17, 15) is 28.6 Å². The monoisotopic (exact) mass is 710 g/mol. The van der Waals surface area contributed by atoms with Gasteiger partial charge in [-0.1, -0.05) is 12.1 Å². The molecule has 4 aromatic carbocycles. The van der Waals surface area contributed by atoms with Crippen LogP contribution in [0.5, 0.6) is 23.0 Å². The Balaban J connectivity index is 0.00000676. The number of benzene rings is 4. The molecule has 4 rings (SSSR count). The van der Waals surface area contributed by atoms with Crippen LogP contribution in [0.4, 0.5) is 11.4 Å². The predicted molar refractivity (Wildman–Crippen MR) is 182 cm³/mol. The maximum absolute atomic E-state index is 12.9. The normalized spacial score (nSPS) is 10.7. The predicted octanol–water partition coefficient (Wildman–Crippen LogP) is 3.18. The number of carbonyl (C=O) groups is 4. The van der Waals surface area contributed by atoms with E-state index >= 15 is 0 Å². The molecule has 0 radical (unpaired) electrons. The van der Waals surface area contributed by atoms with E-state index in [-0.39, 0.29) is 88.8 Å². The number of rotatable bonds is 16. The van der Waals surface area contributed by atoms with Crippen LogP contribution >= 0.6 is 7.82 Å². The van der Waals surface area contributed by atoms with Gasteiger partial charge in [0.2, 0.25) is 11.8 Å². The van der Waals surface area contributed by atoms with Gasteiger partial charge in [-0.15, -0.1) is 0 Å². The Morgan fingerprint density at radius 1 is 0.600 bits per heavy atom. The minimum absolute atomic E-state index is 0. The summed E-state index contributed by atoms with van der Waals surface area (Å²) < 4.78 is 34.1. The van der Waals surface area contributed by atoms with Crippen molar-refractivity contribution in [2.75, 3.05) is 24.9 Å². The average Bonchev–Trinajstić information content (AvgIpc) is 3.06. The first-order valence-corrected chi connectivity index (χ1v) is 16.7. The Labute approximate surface area is 312 Å². The van der Waals surface area contributed by atoms with Crippen LogP contribution in [-0.2, 0) is 27.0 Å². The maximum Gasteiger partial charge on any atom is 1.00 e. The zero-order chi connectivity index (χ0) is 35.6. The third-order valence-electron chi connectivity index (χ3n) is 7.21. The van der Waals surface area contributed by atoms with Crippen molar-refractivity contribution in [1.29, 1.82) is 0 Å². The molecule has 0 saturated heterocycles. The van der Waals surface area contributed by atoms with Gasteiger partial charge in [0.05, 0.1) is 14.2 Å². The molecule has 0 fully saturated rings. The van der Waals surface area contributed by atoms with Crippen LogP contribution in [-0.4, -0.2) is 37.6 Å². The zero-order valence-electron chi connectivity index (χ0n) is 28.4. The summed E-state index contributed by atoms with van der Waals surface area (Å²) >= 11 is 0. The molecule has 0 saturated carbocycles. The Bertz CT molecular complexity index is 1750. The van der Waals surface area contributed by atoms with Crippen LogP contribution in [0.2, 0.25) is 0 Å². The molecular formula is C36H36N2NaO10P. The molecule has 0 heterocycles. The van der Waals surface area contributed by atoms with Crippen LogP contribution in [0.25, 0.3) is 0 Å². The third kappa shape index (κ3) is 11.9. The standard InChI is InChI=1S/C36H37N2O10P.Na/c1-23(39)37-29-13-9-27(10-14-29)31(41)17-5-25-7-19-33(35(21-25)45-3)47-49(43,44)48-34-20-8-26(22-36(34)46-4)6-18-32(42)28-11-15-30(16-12-28)38-24(2)40;/h7-16,19-22H,5-6,17-18H2,1-4H3,(H,37,39)(H,38,40)(H,43,44);/q;+1/p-1. The molecule has 0 aliphatic rings. The van der Waals surface area contributed by atoms with Crippen molar-refractivity contribution in [3.05, 3.63) is 107 Å². The number of ketones is 2. The molecule has 4 aromatic rings. The molecule has 256 valence electrons. The van der Waals surface area contributed by atoms with Gasteiger partial charge in [0, 0.05) is 49.2 Å². The molecule has 0 bridgehead atoms. The summed E-state index contributed by atoms with van der Waals surface area (Å²) in [5, 5.41) is 5.30. The van der Waals surface area contributed by atoms with Crippen LogP contribution in [0.15, 0.2) is 84.9 Å². The summed E-state index contributed by atoms with van der Waals surface area (Å²) in [6.45, 7) is 2.80. The van der Waals surface area contributed by atoms with Gasteiger partial charge in [-0.3, -0.25) is 19.2 Å². The van der Waals surface area contributed by atoms with Gasteiger partial charge in [-0.25, -0.2) is 4.57 Å². The van der Waals surface area contributed by atoms with Crippen molar-refractivity contribution >= 4 is 42.6 Å². The van der Waals surface area contributed by atoms with E-state index in [0.29, 0.717) is 46.5 Å². The summed E-state index contributed by atoms with van der Waals surface area (Å²) in [7, 11) is -2.27. The Hall–Kier alpha value is -4.45. The van der Waals surface area contributed by atoms with Gasteiger partial charge in [0.25, 0.3) is 0 Å². The number of aryl methyl sites for hydroxylation is 2. The van der Waals surface area contributed by atoms with Gasteiger partial charge in [0.1, 0.15) is 0 Å². The summed E-state index contributed by atoms with van der Waals surface area (Å²) in [5.41, 5.74) is 3.60. The molecule has 0 spiro atoms. The van der Waals surface area contributed by atoms with Crippen LogP contribution in [0.3, 0.4) is 0 Å². The number of phosphoric ester groups is 1. The molecule has 0 aromatic heterocycles. The number of carbonyl (C=O) groups excluding carboxylic acids is 4. The second kappa shape index (κ2) is 18.5. The fourth-order valence-corrected chi connectivity index (χ4v) is 5.66. The summed E-state index contributed by atoms with van der Waals surface area (Å²) in [4.78, 5) is 60.7. The molecular weight excluding hydrogens is 674 g/mol.